The summed E-state index contributed by atoms with van der Waals surface area (Å²) in [6.45, 7) is 0. The van der Waals surface area contributed by atoms with Gasteiger partial charge in [0, 0.05) is 12.1 Å². The lowest BCUT2D eigenvalue weighted by Crippen LogP contribution is -3.61. The Hall–Kier alpha value is 0.910. The van der Waals surface area contributed by atoms with Crippen molar-refractivity contribution in [1.82, 2.24) is 0 Å². The van der Waals surface area contributed by atoms with Crippen LogP contribution in [0.2, 0.25) is 30.1 Å². The summed E-state index contributed by atoms with van der Waals surface area (Å²) < 4.78 is 1.85. The number of halogens is 7. The van der Waals surface area contributed by atoms with Crippen LogP contribution in [-0.2, 0) is 0 Å². The molecule has 0 spiro atoms. The molecule has 0 heterocycles. The molecule has 0 unspecified atom stereocenters. The van der Waals surface area contributed by atoms with Gasteiger partial charge >= 0.3 is 21.2 Å². The fraction of sp³-hybridized carbons (Fsp3) is 0. The van der Waals surface area contributed by atoms with E-state index in [1.165, 1.54) is 0 Å². The van der Waals surface area contributed by atoms with E-state index in [2.05, 4.69) is 0 Å². The van der Waals surface area contributed by atoms with Gasteiger partial charge in [-0.1, -0.05) is 69.6 Å². The second kappa shape index (κ2) is 6.78. The molecule has 0 N–H and O–H groups in total. The molecule has 0 aliphatic carbocycles. The first-order valence-electron chi connectivity index (χ1n) is 4.82. The van der Waals surface area contributed by atoms with Crippen molar-refractivity contribution in [3.8, 4) is 0 Å². The molecule has 2 aromatic rings. The van der Waals surface area contributed by atoms with Crippen molar-refractivity contribution < 1.29 is 21.2 Å². The number of rotatable bonds is 2. The van der Waals surface area contributed by atoms with Gasteiger partial charge in [0.15, 0.2) is 0 Å². The van der Waals surface area contributed by atoms with Crippen LogP contribution in [0.5, 0.6) is 0 Å². The van der Waals surface area contributed by atoms with Crippen LogP contribution in [0.25, 0.3) is 0 Å². The topological polar surface area (TPSA) is 0 Å². The summed E-state index contributed by atoms with van der Waals surface area (Å²) in [5.74, 6) is 0. The largest absolute Gasteiger partial charge is 0.361 e. The van der Waals surface area contributed by atoms with E-state index >= 15 is 0 Å². The summed E-state index contributed by atoms with van der Waals surface area (Å²) in [6, 6.07) is 6.79. The molecule has 2 aromatic carbocycles. The Bertz CT molecular complexity index is 585. The highest BCUT2D eigenvalue weighted by Crippen LogP contribution is 2.26. The van der Waals surface area contributed by atoms with E-state index in [1.54, 1.807) is 24.3 Å². The van der Waals surface area contributed by atoms with E-state index in [0.717, 1.165) is 7.14 Å². The zero-order chi connectivity index (χ0) is 14.2. The molecule has 0 aliphatic heterocycles. The van der Waals surface area contributed by atoms with Gasteiger partial charge < -0.3 is 0 Å². The third-order valence-corrected chi connectivity index (χ3v) is 7.78. The van der Waals surface area contributed by atoms with Crippen molar-refractivity contribution in [1.29, 1.82) is 0 Å². The monoisotopic (exact) mass is 485 g/mol. The Morgan fingerprint density at radius 2 is 0.789 bits per heavy atom. The predicted molar refractivity (Wildman–Crippen MR) is 80.3 cm³/mol. The highest BCUT2D eigenvalue weighted by molar-refractivity contribution is 6.43. The second-order valence-corrected chi connectivity index (χ2v) is 8.76. The van der Waals surface area contributed by atoms with E-state index in [9.17, 15) is 0 Å². The highest BCUT2D eigenvalue weighted by atomic mass is 127. The maximum absolute atomic E-state index is 6.16. The molecule has 0 radical (unpaired) electrons. The molecular formula is C12H4Cl6I+. The number of hydrogen-bond donors (Lipinski definition) is 0. The van der Waals surface area contributed by atoms with Gasteiger partial charge in [-0.05, 0) is 12.1 Å². The molecule has 7 heteroatoms. The smallest absolute Gasteiger partial charge is 0.0827 e. The summed E-state index contributed by atoms with van der Waals surface area (Å²) in [5.41, 5.74) is 0. The van der Waals surface area contributed by atoms with Crippen LogP contribution in [0, 0.1) is 7.14 Å². The van der Waals surface area contributed by atoms with Crippen molar-refractivity contribution in [3.05, 3.63) is 61.5 Å². The Balaban J connectivity index is 2.42. The van der Waals surface area contributed by atoms with E-state index < -0.39 is 21.2 Å². The van der Waals surface area contributed by atoms with Crippen molar-refractivity contribution in [2.45, 2.75) is 0 Å². The Morgan fingerprint density at radius 3 is 1.16 bits per heavy atom. The summed E-state index contributed by atoms with van der Waals surface area (Å²) in [7, 11) is 0. The highest BCUT2D eigenvalue weighted by Gasteiger charge is 2.25. The Kier molecular flexibility index (Phi) is 5.81. The second-order valence-electron chi connectivity index (χ2n) is 3.46. The molecule has 0 nitrogen and oxygen atoms in total. The van der Waals surface area contributed by atoms with Gasteiger partial charge in [0.05, 0.1) is 30.1 Å². The van der Waals surface area contributed by atoms with Crippen molar-refractivity contribution in [2.75, 3.05) is 0 Å². The minimum absolute atomic E-state index is 0.430. The molecule has 0 bridgehead atoms. The van der Waals surface area contributed by atoms with Gasteiger partial charge in [-0.25, -0.2) is 0 Å². The fourth-order valence-electron chi connectivity index (χ4n) is 1.25. The number of benzene rings is 2. The van der Waals surface area contributed by atoms with Gasteiger partial charge in [0.25, 0.3) is 0 Å². The molecular weight excluding hydrogens is 484 g/mol. The van der Waals surface area contributed by atoms with Crippen LogP contribution in [0.4, 0.5) is 0 Å². The van der Waals surface area contributed by atoms with Gasteiger partial charge in [0.2, 0.25) is 7.14 Å². The van der Waals surface area contributed by atoms with Crippen LogP contribution >= 0.6 is 69.6 Å². The predicted octanol–water partition coefficient (Wildman–Crippen LogP) is 3.74. The first-order chi connectivity index (χ1) is 8.88. The molecule has 100 valence electrons. The molecule has 0 fully saturated rings. The van der Waals surface area contributed by atoms with Crippen LogP contribution in [-0.4, -0.2) is 0 Å². The van der Waals surface area contributed by atoms with Crippen molar-refractivity contribution >= 4 is 69.6 Å². The maximum Gasteiger partial charge on any atom is 0.361 e. The molecule has 0 atom stereocenters. The average Bonchev–Trinajstić information content (AvgIpc) is 2.32. The van der Waals surface area contributed by atoms with E-state index in [4.69, 9.17) is 69.6 Å². The standard InChI is InChI=1S/C12H4Cl6I/c13-5-1-9(17)11(3-7(5)15)19-12-4-8(16)6(14)2-10(12)18/h1-4H/q+1. The van der Waals surface area contributed by atoms with Gasteiger partial charge in [0.1, 0.15) is 0 Å². The zero-order valence-corrected chi connectivity index (χ0v) is 15.6. The Morgan fingerprint density at radius 1 is 0.474 bits per heavy atom. The van der Waals surface area contributed by atoms with Crippen LogP contribution in [0.3, 0.4) is 0 Å². The SMILES string of the molecule is Clc1cc(Cl)c([I+]c2cc(Cl)c(Cl)cc2Cl)cc1Cl. The summed E-state index contributed by atoms with van der Waals surface area (Å²) in [5, 5.41) is 2.95. The molecule has 0 saturated carbocycles. The summed E-state index contributed by atoms with van der Waals surface area (Å²) in [4.78, 5) is 0. The van der Waals surface area contributed by atoms with Crippen LogP contribution < -0.4 is 21.2 Å². The first-order valence-corrected chi connectivity index (χ1v) is 9.25. The molecule has 19 heavy (non-hydrogen) atoms. The molecule has 0 aromatic heterocycles. The van der Waals surface area contributed by atoms with Gasteiger partial charge in [-0.3, -0.25) is 0 Å². The van der Waals surface area contributed by atoms with Crippen LogP contribution in [0.1, 0.15) is 0 Å². The number of hydrogen-bond acceptors (Lipinski definition) is 0. The lowest BCUT2D eigenvalue weighted by atomic mass is 10.4. The summed E-state index contributed by atoms with van der Waals surface area (Å²) >= 11 is 35.5. The average molecular weight is 488 g/mol. The zero-order valence-electron chi connectivity index (χ0n) is 8.96. The normalized spacial score (nSPS) is 10.8. The van der Waals surface area contributed by atoms with Gasteiger partial charge in [-0.15, -0.1) is 0 Å². The molecule has 2 rings (SSSR count). The van der Waals surface area contributed by atoms with E-state index in [-0.39, 0.29) is 0 Å². The van der Waals surface area contributed by atoms with E-state index in [0.29, 0.717) is 30.1 Å². The minimum Gasteiger partial charge on any atom is -0.0827 e. The Labute approximate surface area is 151 Å². The lowest BCUT2D eigenvalue weighted by molar-refractivity contribution is -0.597. The molecule has 0 saturated heterocycles. The lowest BCUT2D eigenvalue weighted by Gasteiger charge is -1.99. The third-order valence-electron chi connectivity index (χ3n) is 2.13. The molecule has 0 amide bonds. The van der Waals surface area contributed by atoms with Crippen molar-refractivity contribution in [3.63, 3.8) is 0 Å². The summed E-state index contributed by atoms with van der Waals surface area (Å²) in [6.07, 6.45) is 0. The quantitative estimate of drug-likeness (QED) is 0.447. The van der Waals surface area contributed by atoms with E-state index in [1.807, 2.05) is 0 Å². The minimum atomic E-state index is -0.624. The fourth-order valence-corrected chi connectivity index (χ4v) is 5.58. The third kappa shape index (κ3) is 3.97. The van der Waals surface area contributed by atoms with Crippen LogP contribution in [0.15, 0.2) is 24.3 Å². The first kappa shape index (κ1) is 16.3. The molecule has 0 aliphatic rings. The van der Waals surface area contributed by atoms with Crippen molar-refractivity contribution in [2.24, 2.45) is 0 Å². The maximum atomic E-state index is 6.16. The van der Waals surface area contributed by atoms with Gasteiger partial charge in [-0.2, -0.15) is 0 Å².